The highest BCUT2D eigenvalue weighted by Crippen LogP contribution is 2.14. The van der Waals surface area contributed by atoms with Gasteiger partial charge in [-0.15, -0.1) is 0 Å². The van der Waals surface area contributed by atoms with Crippen LogP contribution in [0.2, 0.25) is 0 Å². The highest BCUT2D eigenvalue weighted by Gasteiger charge is 2.20. The molecule has 0 fully saturated rings. The lowest BCUT2D eigenvalue weighted by atomic mass is 9.94. The smallest absolute Gasteiger partial charge is 0.330 e. The lowest BCUT2D eigenvalue weighted by Crippen LogP contribution is -2.26. The fraction of sp³-hybridized carbons (Fsp3) is 0.667. The number of hydrogen-bond donors (Lipinski definition) is 1. The largest absolute Gasteiger partial charge is 0.463 e. The third-order valence-electron chi connectivity index (χ3n) is 2.21. The van der Waals surface area contributed by atoms with Crippen LogP contribution in [-0.2, 0) is 14.3 Å². The van der Waals surface area contributed by atoms with Crippen LogP contribution in [0.4, 0.5) is 0 Å². The van der Waals surface area contributed by atoms with Crippen molar-refractivity contribution in [3.63, 3.8) is 0 Å². The van der Waals surface area contributed by atoms with Crippen LogP contribution in [0.15, 0.2) is 12.2 Å². The van der Waals surface area contributed by atoms with Gasteiger partial charge in [-0.05, 0) is 20.3 Å². The number of hydrogen-bond acceptors (Lipinski definition) is 4. The molecule has 0 saturated heterocycles. The third-order valence-corrected chi connectivity index (χ3v) is 2.21. The topological polar surface area (TPSA) is 63.6 Å². The number of aliphatic hydroxyl groups excluding tert-OH is 1. The molecular formula is C12H20O4. The van der Waals surface area contributed by atoms with Gasteiger partial charge < -0.3 is 9.84 Å². The SMILES string of the molecule is CCC[C@H](/C=C/C(=O)OCC)[C@@H](O)C(C)=O. The number of ether oxygens (including phenoxy) is 1. The van der Waals surface area contributed by atoms with E-state index in [2.05, 4.69) is 0 Å². The highest BCUT2D eigenvalue weighted by molar-refractivity contribution is 5.83. The summed E-state index contributed by atoms with van der Waals surface area (Å²) in [6, 6.07) is 0. The second-order valence-corrected chi connectivity index (χ2v) is 3.62. The van der Waals surface area contributed by atoms with Crippen LogP contribution in [0.1, 0.15) is 33.6 Å². The zero-order chi connectivity index (χ0) is 12.6. The Morgan fingerprint density at radius 1 is 1.38 bits per heavy atom. The molecule has 92 valence electrons. The van der Waals surface area contributed by atoms with Gasteiger partial charge in [0, 0.05) is 12.0 Å². The van der Waals surface area contributed by atoms with E-state index in [1.807, 2.05) is 6.92 Å². The molecule has 0 aromatic carbocycles. The van der Waals surface area contributed by atoms with Gasteiger partial charge in [-0.25, -0.2) is 4.79 Å². The molecule has 0 heterocycles. The first-order valence-corrected chi connectivity index (χ1v) is 5.56. The lowest BCUT2D eigenvalue weighted by Gasteiger charge is -2.16. The minimum atomic E-state index is -1.04. The summed E-state index contributed by atoms with van der Waals surface area (Å²) in [4.78, 5) is 22.1. The van der Waals surface area contributed by atoms with Crippen molar-refractivity contribution in [1.29, 1.82) is 0 Å². The molecular weight excluding hydrogens is 208 g/mol. The maximum atomic E-state index is 11.1. The summed E-state index contributed by atoms with van der Waals surface area (Å²) in [6.07, 6.45) is 3.29. The monoisotopic (exact) mass is 228 g/mol. The van der Waals surface area contributed by atoms with Gasteiger partial charge in [0.25, 0.3) is 0 Å². The molecule has 0 radical (unpaired) electrons. The average Bonchev–Trinajstić information content (AvgIpc) is 2.23. The maximum Gasteiger partial charge on any atom is 0.330 e. The van der Waals surface area contributed by atoms with Crippen LogP contribution in [-0.4, -0.2) is 29.6 Å². The molecule has 2 atom stereocenters. The molecule has 0 aliphatic rings. The molecule has 4 heteroatoms. The Morgan fingerprint density at radius 2 is 2.00 bits per heavy atom. The van der Waals surface area contributed by atoms with Gasteiger partial charge in [-0.1, -0.05) is 19.4 Å². The Balaban J connectivity index is 4.43. The number of Topliss-reactive ketones (excluding diaryl/α,β-unsaturated/α-hetero) is 1. The maximum absolute atomic E-state index is 11.1. The first-order chi connectivity index (χ1) is 7.52. The van der Waals surface area contributed by atoms with E-state index in [1.165, 1.54) is 13.0 Å². The van der Waals surface area contributed by atoms with E-state index < -0.39 is 12.1 Å². The van der Waals surface area contributed by atoms with Gasteiger partial charge in [0.1, 0.15) is 6.10 Å². The predicted octanol–water partition coefficient (Wildman–Crippen LogP) is 1.47. The van der Waals surface area contributed by atoms with Crippen molar-refractivity contribution in [1.82, 2.24) is 0 Å². The first-order valence-electron chi connectivity index (χ1n) is 5.56. The standard InChI is InChI=1S/C12H20O4/c1-4-6-10(12(15)9(3)13)7-8-11(14)16-5-2/h7-8,10,12,15H,4-6H2,1-3H3/b8-7+/t10-,12+/m1/s1. The van der Waals surface area contributed by atoms with Gasteiger partial charge >= 0.3 is 5.97 Å². The number of aliphatic hydroxyl groups is 1. The molecule has 0 aromatic rings. The minimum absolute atomic E-state index is 0.285. The van der Waals surface area contributed by atoms with E-state index in [4.69, 9.17) is 4.74 Å². The summed E-state index contributed by atoms with van der Waals surface area (Å²) in [5.41, 5.74) is 0. The number of rotatable bonds is 7. The molecule has 0 rings (SSSR count). The van der Waals surface area contributed by atoms with Gasteiger partial charge in [0.05, 0.1) is 6.61 Å². The van der Waals surface area contributed by atoms with Crippen LogP contribution in [0.3, 0.4) is 0 Å². The van der Waals surface area contributed by atoms with E-state index in [0.717, 1.165) is 6.42 Å². The Labute approximate surface area is 96.3 Å². The van der Waals surface area contributed by atoms with E-state index in [-0.39, 0.29) is 11.7 Å². The lowest BCUT2D eigenvalue weighted by molar-refractivity contribution is -0.137. The fourth-order valence-corrected chi connectivity index (χ4v) is 1.39. The van der Waals surface area contributed by atoms with E-state index >= 15 is 0 Å². The van der Waals surface area contributed by atoms with Crippen LogP contribution in [0.25, 0.3) is 0 Å². The molecule has 0 saturated carbocycles. The van der Waals surface area contributed by atoms with E-state index in [0.29, 0.717) is 13.0 Å². The van der Waals surface area contributed by atoms with Crippen molar-refractivity contribution >= 4 is 11.8 Å². The quantitative estimate of drug-likeness (QED) is 0.529. The molecule has 4 nitrogen and oxygen atoms in total. The molecule has 1 N–H and O–H groups in total. The summed E-state index contributed by atoms with van der Waals surface area (Å²) >= 11 is 0. The molecule has 0 unspecified atom stereocenters. The molecule has 0 spiro atoms. The van der Waals surface area contributed by atoms with E-state index in [9.17, 15) is 14.7 Å². The van der Waals surface area contributed by atoms with Crippen molar-refractivity contribution in [3.05, 3.63) is 12.2 Å². The fourth-order valence-electron chi connectivity index (χ4n) is 1.39. The summed E-state index contributed by atoms with van der Waals surface area (Å²) in [6.45, 7) is 5.33. The van der Waals surface area contributed by atoms with Crippen LogP contribution < -0.4 is 0 Å². The molecule has 0 aliphatic heterocycles. The summed E-state index contributed by atoms with van der Waals surface area (Å²) < 4.78 is 4.72. The van der Waals surface area contributed by atoms with Crippen molar-refractivity contribution in [2.24, 2.45) is 5.92 Å². The summed E-state index contributed by atoms with van der Waals surface area (Å²) in [7, 11) is 0. The van der Waals surface area contributed by atoms with Gasteiger partial charge in [-0.3, -0.25) is 4.79 Å². The Morgan fingerprint density at radius 3 is 2.44 bits per heavy atom. The minimum Gasteiger partial charge on any atom is -0.463 e. The number of carbonyl (C=O) groups is 2. The van der Waals surface area contributed by atoms with Gasteiger partial charge in [0.2, 0.25) is 0 Å². The van der Waals surface area contributed by atoms with Crippen LogP contribution in [0, 0.1) is 5.92 Å². The predicted molar refractivity (Wildman–Crippen MR) is 60.9 cm³/mol. The number of ketones is 1. The second kappa shape index (κ2) is 8.05. The molecule has 0 aromatic heterocycles. The normalized spacial score (nSPS) is 14.8. The van der Waals surface area contributed by atoms with Gasteiger partial charge in [0.15, 0.2) is 5.78 Å². The second-order valence-electron chi connectivity index (χ2n) is 3.62. The number of esters is 1. The van der Waals surface area contributed by atoms with Crippen molar-refractivity contribution in [3.8, 4) is 0 Å². The average molecular weight is 228 g/mol. The molecule has 0 bridgehead atoms. The zero-order valence-electron chi connectivity index (χ0n) is 10.1. The molecule has 0 aliphatic carbocycles. The summed E-state index contributed by atoms with van der Waals surface area (Å²) in [5.74, 6) is -1.04. The van der Waals surface area contributed by atoms with Crippen molar-refractivity contribution in [2.75, 3.05) is 6.61 Å². The Bertz CT molecular complexity index is 258. The Kier molecular flexibility index (Phi) is 7.46. The van der Waals surface area contributed by atoms with Crippen molar-refractivity contribution in [2.45, 2.75) is 39.7 Å². The zero-order valence-corrected chi connectivity index (χ0v) is 10.1. The van der Waals surface area contributed by atoms with Crippen LogP contribution >= 0.6 is 0 Å². The van der Waals surface area contributed by atoms with Crippen molar-refractivity contribution < 1.29 is 19.4 Å². The first kappa shape index (κ1) is 14.8. The third kappa shape index (κ3) is 5.66. The highest BCUT2D eigenvalue weighted by atomic mass is 16.5. The molecule has 16 heavy (non-hydrogen) atoms. The van der Waals surface area contributed by atoms with Crippen LogP contribution in [0.5, 0.6) is 0 Å². The Hall–Kier alpha value is -1.16. The molecule has 0 amide bonds. The van der Waals surface area contributed by atoms with Gasteiger partial charge in [-0.2, -0.15) is 0 Å². The number of carbonyl (C=O) groups excluding carboxylic acids is 2. The van der Waals surface area contributed by atoms with E-state index in [1.54, 1.807) is 13.0 Å². The summed E-state index contributed by atoms with van der Waals surface area (Å²) in [5, 5.41) is 9.61.